The number of anilines is 8. The van der Waals surface area contributed by atoms with Crippen LogP contribution in [0.15, 0.2) is 146 Å². The highest BCUT2D eigenvalue weighted by atomic mass is 15.2. The molecule has 12 rings (SSSR count). The minimum atomic E-state index is 0.102. The fourth-order valence-corrected chi connectivity index (χ4v) is 9.39. The number of nitrogens with one attached hydrogen (secondary N) is 2. The maximum Gasteiger partial charge on any atom is 0.252 e. The third kappa shape index (κ3) is 2.95. The van der Waals surface area contributed by atoms with Crippen LogP contribution in [-0.4, -0.2) is 18.4 Å². The van der Waals surface area contributed by atoms with Gasteiger partial charge in [0, 0.05) is 61.6 Å². The molecule has 0 aliphatic carbocycles. The van der Waals surface area contributed by atoms with Gasteiger partial charge in [-0.2, -0.15) is 0 Å². The molecular formula is C42H26B2N4. The number of para-hydroxylation sites is 5. The van der Waals surface area contributed by atoms with E-state index in [1.807, 2.05) is 0 Å². The molecule has 48 heavy (non-hydrogen) atoms. The quantitative estimate of drug-likeness (QED) is 0.215. The number of benzene rings is 7. The summed E-state index contributed by atoms with van der Waals surface area (Å²) in [6.07, 6.45) is 0. The monoisotopic (exact) mass is 608 g/mol. The van der Waals surface area contributed by atoms with Gasteiger partial charge in [0.2, 0.25) is 0 Å². The molecule has 5 heterocycles. The molecule has 0 spiro atoms. The minimum Gasteiger partial charge on any atom is -0.356 e. The molecule has 0 amide bonds. The van der Waals surface area contributed by atoms with Crippen molar-refractivity contribution < 1.29 is 0 Å². The van der Waals surface area contributed by atoms with Crippen molar-refractivity contribution in [3.8, 4) is 0 Å². The third-order valence-electron chi connectivity index (χ3n) is 11.2. The minimum absolute atomic E-state index is 0.102. The Bertz CT molecular complexity index is 2700. The summed E-state index contributed by atoms with van der Waals surface area (Å²) in [7, 11) is 0. The van der Waals surface area contributed by atoms with Gasteiger partial charge in [-0.25, -0.2) is 0 Å². The first-order chi connectivity index (χ1) is 23.8. The Labute approximate surface area is 278 Å². The molecule has 4 nitrogen and oxygen atoms in total. The van der Waals surface area contributed by atoms with Crippen molar-refractivity contribution in [1.82, 2.24) is 4.98 Å². The molecule has 0 radical (unpaired) electrons. The smallest absolute Gasteiger partial charge is 0.252 e. The van der Waals surface area contributed by atoms with Gasteiger partial charge in [-0.15, -0.1) is 0 Å². The largest absolute Gasteiger partial charge is 0.356 e. The van der Waals surface area contributed by atoms with Crippen LogP contribution in [0.2, 0.25) is 0 Å². The summed E-state index contributed by atoms with van der Waals surface area (Å²) < 4.78 is 0. The maximum atomic E-state index is 3.94. The zero-order valence-corrected chi connectivity index (χ0v) is 25.9. The van der Waals surface area contributed by atoms with E-state index in [9.17, 15) is 0 Å². The van der Waals surface area contributed by atoms with Crippen LogP contribution in [-0.2, 0) is 0 Å². The fourth-order valence-electron chi connectivity index (χ4n) is 9.39. The topological polar surface area (TPSA) is 34.3 Å². The summed E-state index contributed by atoms with van der Waals surface area (Å²) in [5, 5.41) is 6.43. The number of fused-ring (bicyclic) bond motifs is 13. The lowest BCUT2D eigenvalue weighted by Gasteiger charge is -2.49. The molecule has 0 saturated heterocycles. The number of aromatic amines is 1. The van der Waals surface area contributed by atoms with Crippen molar-refractivity contribution in [2.45, 2.75) is 0 Å². The van der Waals surface area contributed by atoms with Gasteiger partial charge in [-0.05, 0) is 81.3 Å². The molecule has 0 fully saturated rings. The van der Waals surface area contributed by atoms with Crippen LogP contribution in [0.3, 0.4) is 0 Å². The Morgan fingerprint density at radius 2 is 0.979 bits per heavy atom. The second kappa shape index (κ2) is 8.81. The van der Waals surface area contributed by atoms with Crippen molar-refractivity contribution >= 4 is 114 Å². The van der Waals surface area contributed by atoms with E-state index in [2.05, 4.69) is 166 Å². The van der Waals surface area contributed by atoms with Crippen LogP contribution in [0.5, 0.6) is 0 Å². The average Bonchev–Trinajstić information content (AvgIpc) is 3.53. The number of hydrogen-bond acceptors (Lipinski definition) is 3. The van der Waals surface area contributed by atoms with Gasteiger partial charge in [-0.1, -0.05) is 97.1 Å². The highest BCUT2D eigenvalue weighted by Gasteiger charge is 2.50. The maximum absolute atomic E-state index is 3.94. The van der Waals surface area contributed by atoms with Crippen molar-refractivity contribution in [2.75, 3.05) is 15.1 Å². The SMILES string of the molecule is c1ccc2c(c1)Nc1cc3c4c5c1B2c1ccccc1N5c1ccccc1B4c1ccccc1N3c1cccc2[nH]c3ccccc3c12. The fraction of sp³-hybridized carbons (Fsp3) is 0. The Kier molecular flexibility index (Phi) is 4.59. The predicted molar refractivity (Wildman–Crippen MR) is 204 cm³/mol. The summed E-state index contributed by atoms with van der Waals surface area (Å²) >= 11 is 0. The van der Waals surface area contributed by atoms with E-state index in [1.165, 1.54) is 89.0 Å². The van der Waals surface area contributed by atoms with Gasteiger partial charge in [-0.3, -0.25) is 0 Å². The van der Waals surface area contributed by atoms with Gasteiger partial charge < -0.3 is 20.1 Å². The Morgan fingerprint density at radius 3 is 1.73 bits per heavy atom. The molecule has 0 unspecified atom stereocenters. The molecule has 220 valence electrons. The van der Waals surface area contributed by atoms with Gasteiger partial charge in [0.05, 0.1) is 5.69 Å². The van der Waals surface area contributed by atoms with Crippen LogP contribution >= 0.6 is 0 Å². The normalized spacial score (nSPS) is 14.2. The lowest BCUT2D eigenvalue weighted by molar-refractivity contribution is 1.26. The first-order valence-corrected chi connectivity index (χ1v) is 16.8. The van der Waals surface area contributed by atoms with Gasteiger partial charge in [0.1, 0.15) is 0 Å². The van der Waals surface area contributed by atoms with Crippen LogP contribution in [0, 0.1) is 0 Å². The molecule has 7 aromatic carbocycles. The molecule has 1 aromatic heterocycles. The van der Waals surface area contributed by atoms with E-state index < -0.39 is 0 Å². The number of H-pyrrole nitrogens is 1. The third-order valence-corrected chi connectivity index (χ3v) is 11.2. The first kappa shape index (κ1) is 25.0. The molecule has 0 atom stereocenters. The lowest BCUT2D eigenvalue weighted by atomic mass is 9.29. The molecular weight excluding hydrogens is 582 g/mol. The first-order valence-electron chi connectivity index (χ1n) is 16.8. The Morgan fingerprint density at radius 1 is 0.417 bits per heavy atom. The number of hydrogen-bond donors (Lipinski definition) is 2. The molecule has 2 N–H and O–H groups in total. The van der Waals surface area contributed by atoms with E-state index in [-0.39, 0.29) is 13.4 Å². The van der Waals surface area contributed by atoms with Crippen LogP contribution in [0.1, 0.15) is 0 Å². The Balaban J connectivity index is 1.26. The summed E-state index contributed by atoms with van der Waals surface area (Å²) in [5.74, 6) is 0. The van der Waals surface area contributed by atoms with E-state index >= 15 is 0 Å². The van der Waals surface area contributed by atoms with Gasteiger partial charge in [0.15, 0.2) is 0 Å². The summed E-state index contributed by atoms with van der Waals surface area (Å²) in [6, 6.07) is 53.9. The number of nitrogens with zero attached hydrogens (tertiary/aromatic N) is 2. The molecule has 0 saturated carbocycles. The van der Waals surface area contributed by atoms with Gasteiger partial charge >= 0.3 is 0 Å². The van der Waals surface area contributed by atoms with E-state index in [1.54, 1.807) is 0 Å². The van der Waals surface area contributed by atoms with Crippen LogP contribution in [0.4, 0.5) is 45.5 Å². The van der Waals surface area contributed by atoms with Crippen molar-refractivity contribution in [3.63, 3.8) is 0 Å². The van der Waals surface area contributed by atoms with E-state index in [0.717, 1.165) is 11.0 Å². The Hall–Kier alpha value is -6.13. The molecule has 0 bridgehead atoms. The second-order valence-corrected chi connectivity index (χ2v) is 13.4. The highest BCUT2D eigenvalue weighted by Crippen LogP contribution is 2.48. The van der Waals surface area contributed by atoms with Crippen molar-refractivity contribution in [3.05, 3.63) is 146 Å². The standard InChI is InChI=1S/C42H26B2N4/c1-6-17-30-25(12-1)39-32(45-30)19-11-23-37(39)47-34-20-8-3-14-27(34)44-29-16-5-10-22-36(29)48-35-21-9-4-15-28(35)43-26-13-2-7-18-31(26)46-33-24-38(47)41(44)42(48)40(33)43/h1-24,45-46H. The van der Waals surface area contributed by atoms with Gasteiger partial charge in [0.25, 0.3) is 13.4 Å². The summed E-state index contributed by atoms with van der Waals surface area (Å²) in [5.41, 5.74) is 20.3. The molecule has 4 aliphatic heterocycles. The lowest BCUT2D eigenvalue weighted by Crippen LogP contribution is -2.68. The number of aromatic nitrogens is 1. The van der Waals surface area contributed by atoms with Crippen LogP contribution in [0.25, 0.3) is 21.8 Å². The molecule has 4 aliphatic rings. The zero-order chi connectivity index (χ0) is 31.1. The second-order valence-electron chi connectivity index (χ2n) is 13.4. The zero-order valence-electron chi connectivity index (χ0n) is 25.9. The van der Waals surface area contributed by atoms with E-state index in [4.69, 9.17) is 0 Å². The van der Waals surface area contributed by atoms with Crippen molar-refractivity contribution in [1.29, 1.82) is 0 Å². The highest BCUT2D eigenvalue weighted by molar-refractivity contribution is 7.04. The number of rotatable bonds is 1. The van der Waals surface area contributed by atoms with Crippen LogP contribution < -0.4 is 47.9 Å². The molecule has 6 heteroatoms. The van der Waals surface area contributed by atoms with Crippen molar-refractivity contribution in [2.24, 2.45) is 0 Å². The summed E-state index contributed by atoms with van der Waals surface area (Å²) in [4.78, 5) is 8.83. The molecule has 8 aromatic rings. The predicted octanol–water partition coefficient (Wildman–Crippen LogP) is 6.29. The van der Waals surface area contributed by atoms with E-state index in [0.29, 0.717) is 0 Å². The average molecular weight is 608 g/mol. The summed E-state index contributed by atoms with van der Waals surface area (Å²) in [6.45, 7) is 0.240.